The number of imidazole rings is 1. The largest absolute Gasteiger partial charge is 0.323 e. The number of benzene rings is 1. The van der Waals surface area contributed by atoms with Crippen LogP contribution in [0.1, 0.15) is 31.2 Å². The van der Waals surface area contributed by atoms with E-state index in [1.54, 1.807) is 0 Å². The maximum absolute atomic E-state index is 11.1. The van der Waals surface area contributed by atoms with Crippen molar-refractivity contribution in [2.75, 3.05) is 0 Å². The fraction of sp³-hybridized carbons (Fsp3) is 0.417. The van der Waals surface area contributed by atoms with Gasteiger partial charge in [0.05, 0.1) is 16.4 Å². The first-order chi connectivity index (χ1) is 7.56. The lowest BCUT2D eigenvalue weighted by Crippen LogP contribution is -1.99. The lowest BCUT2D eigenvalue weighted by molar-refractivity contribution is 0.575. The van der Waals surface area contributed by atoms with Gasteiger partial charge in [0.25, 0.3) is 0 Å². The summed E-state index contributed by atoms with van der Waals surface area (Å²) in [6.07, 6.45) is 0.932. The monoisotopic (exact) mass is 238 g/mol. The van der Waals surface area contributed by atoms with Crippen LogP contribution < -0.4 is 5.69 Å². The molecule has 0 bridgehead atoms. The highest BCUT2D eigenvalue weighted by Crippen LogP contribution is 2.28. The second-order valence-electron chi connectivity index (χ2n) is 4.48. The Balaban J connectivity index is 2.34. The van der Waals surface area contributed by atoms with Crippen molar-refractivity contribution >= 4 is 22.6 Å². The van der Waals surface area contributed by atoms with E-state index in [1.165, 1.54) is 0 Å². The summed E-state index contributed by atoms with van der Waals surface area (Å²) in [5, 5.41) is 0.00259. The molecular formula is C12H15ClN2O. The van der Waals surface area contributed by atoms with Crippen LogP contribution in [-0.4, -0.2) is 9.97 Å². The number of H-pyrrole nitrogens is 2. The van der Waals surface area contributed by atoms with Crippen molar-refractivity contribution in [3.8, 4) is 0 Å². The molecule has 0 fully saturated rings. The third-order valence-corrected chi connectivity index (χ3v) is 3.01. The Bertz CT molecular complexity index is 541. The molecule has 1 atom stereocenters. The molecule has 1 aromatic heterocycles. The smallest absolute Gasteiger partial charge is 0.306 e. The molecule has 0 saturated heterocycles. The van der Waals surface area contributed by atoms with E-state index in [2.05, 4.69) is 23.8 Å². The second kappa shape index (κ2) is 4.34. The van der Waals surface area contributed by atoms with Crippen molar-refractivity contribution in [1.29, 1.82) is 0 Å². The molecule has 2 N–H and O–H groups in total. The molecule has 0 aliphatic carbocycles. The van der Waals surface area contributed by atoms with E-state index in [9.17, 15) is 4.79 Å². The van der Waals surface area contributed by atoms with Gasteiger partial charge in [-0.15, -0.1) is 11.6 Å². The van der Waals surface area contributed by atoms with Gasteiger partial charge >= 0.3 is 5.69 Å². The Morgan fingerprint density at radius 2 is 1.94 bits per heavy atom. The number of aromatic amines is 2. The van der Waals surface area contributed by atoms with Crippen LogP contribution in [0.5, 0.6) is 0 Å². The summed E-state index contributed by atoms with van der Waals surface area (Å²) in [7, 11) is 0. The van der Waals surface area contributed by atoms with Crippen LogP contribution in [0.3, 0.4) is 0 Å². The number of halogens is 1. The molecule has 2 aromatic rings. The normalized spacial score (nSPS) is 13.5. The maximum Gasteiger partial charge on any atom is 0.323 e. The van der Waals surface area contributed by atoms with Crippen molar-refractivity contribution in [3.05, 3.63) is 34.2 Å². The minimum atomic E-state index is -0.179. The minimum absolute atomic E-state index is 0.00259. The predicted molar refractivity (Wildman–Crippen MR) is 67.0 cm³/mol. The first-order valence-electron chi connectivity index (χ1n) is 5.42. The van der Waals surface area contributed by atoms with Crippen LogP contribution in [0.2, 0.25) is 0 Å². The van der Waals surface area contributed by atoms with E-state index in [1.807, 2.05) is 18.2 Å². The Morgan fingerprint density at radius 1 is 1.25 bits per heavy atom. The molecule has 0 amide bonds. The fourth-order valence-corrected chi connectivity index (χ4v) is 2.29. The molecule has 2 rings (SSSR count). The van der Waals surface area contributed by atoms with Gasteiger partial charge in [0.2, 0.25) is 0 Å². The number of rotatable bonds is 3. The Hall–Kier alpha value is -1.22. The SMILES string of the molecule is CC(C)CC(Cl)c1ccc2[nH]c(=O)[nH]c2c1. The highest BCUT2D eigenvalue weighted by molar-refractivity contribution is 6.20. The van der Waals surface area contributed by atoms with Crippen molar-refractivity contribution in [2.45, 2.75) is 25.6 Å². The summed E-state index contributed by atoms with van der Waals surface area (Å²) in [6, 6.07) is 5.79. The van der Waals surface area contributed by atoms with E-state index in [0.29, 0.717) is 5.92 Å². The maximum atomic E-state index is 11.1. The Morgan fingerprint density at radius 3 is 2.62 bits per heavy atom. The van der Waals surface area contributed by atoms with Gasteiger partial charge in [0.1, 0.15) is 0 Å². The average Bonchev–Trinajstić information content (AvgIpc) is 2.55. The van der Waals surface area contributed by atoms with Crippen molar-refractivity contribution in [1.82, 2.24) is 9.97 Å². The molecule has 0 aliphatic rings. The van der Waals surface area contributed by atoms with Crippen LogP contribution in [0.4, 0.5) is 0 Å². The molecule has 16 heavy (non-hydrogen) atoms. The van der Waals surface area contributed by atoms with Gasteiger partial charge in [-0.05, 0) is 30.0 Å². The van der Waals surface area contributed by atoms with Gasteiger partial charge in [-0.3, -0.25) is 0 Å². The van der Waals surface area contributed by atoms with Crippen LogP contribution >= 0.6 is 11.6 Å². The fourth-order valence-electron chi connectivity index (χ4n) is 1.79. The summed E-state index contributed by atoms with van der Waals surface area (Å²) < 4.78 is 0. The second-order valence-corrected chi connectivity index (χ2v) is 5.01. The number of fused-ring (bicyclic) bond motifs is 1. The molecule has 1 unspecified atom stereocenters. The standard InChI is InChI=1S/C12H15ClN2O/c1-7(2)5-9(13)8-3-4-10-11(6-8)15-12(16)14-10/h3-4,6-7,9H,5H2,1-2H3,(H2,14,15,16). The highest BCUT2D eigenvalue weighted by atomic mass is 35.5. The number of alkyl halides is 1. The molecule has 1 aromatic carbocycles. The molecule has 0 aliphatic heterocycles. The molecule has 0 radical (unpaired) electrons. The molecule has 86 valence electrons. The number of aromatic nitrogens is 2. The molecule has 3 nitrogen and oxygen atoms in total. The molecule has 1 heterocycles. The lowest BCUT2D eigenvalue weighted by atomic mass is 10.0. The van der Waals surface area contributed by atoms with Crippen LogP contribution in [0.25, 0.3) is 11.0 Å². The first-order valence-corrected chi connectivity index (χ1v) is 5.86. The molecule has 4 heteroatoms. The number of nitrogens with one attached hydrogen (secondary N) is 2. The quantitative estimate of drug-likeness (QED) is 0.793. The van der Waals surface area contributed by atoms with Crippen molar-refractivity contribution in [3.63, 3.8) is 0 Å². The third-order valence-electron chi connectivity index (χ3n) is 2.58. The number of hydrogen-bond donors (Lipinski definition) is 2. The van der Waals surface area contributed by atoms with Gasteiger partial charge in [-0.2, -0.15) is 0 Å². The van der Waals surface area contributed by atoms with Crippen molar-refractivity contribution < 1.29 is 0 Å². The van der Waals surface area contributed by atoms with E-state index in [-0.39, 0.29) is 11.1 Å². The van der Waals surface area contributed by atoms with Crippen LogP contribution in [0, 0.1) is 5.92 Å². The highest BCUT2D eigenvalue weighted by Gasteiger charge is 2.11. The van der Waals surface area contributed by atoms with Crippen LogP contribution in [0.15, 0.2) is 23.0 Å². The summed E-state index contributed by atoms with van der Waals surface area (Å²) in [6.45, 7) is 4.29. The van der Waals surface area contributed by atoms with E-state index >= 15 is 0 Å². The lowest BCUT2D eigenvalue weighted by Gasteiger charge is -2.12. The summed E-state index contributed by atoms with van der Waals surface area (Å²) in [4.78, 5) is 16.6. The number of hydrogen-bond acceptors (Lipinski definition) is 1. The summed E-state index contributed by atoms with van der Waals surface area (Å²) in [5.74, 6) is 0.559. The summed E-state index contributed by atoms with van der Waals surface area (Å²) in [5.41, 5.74) is 2.51. The van der Waals surface area contributed by atoms with Gasteiger partial charge in [0, 0.05) is 0 Å². The van der Waals surface area contributed by atoms with Crippen molar-refractivity contribution in [2.24, 2.45) is 5.92 Å². The van der Waals surface area contributed by atoms with E-state index in [0.717, 1.165) is 23.0 Å². The zero-order valence-electron chi connectivity index (χ0n) is 9.38. The Labute approximate surface area is 98.8 Å². The summed E-state index contributed by atoms with van der Waals surface area (Å²) >= 11 is 6.31. The molecular weight excluding hydrogens is 224 g/mol. The molecule has 0 spiro atoms. The third kappa shape index (κ3) is 2.30. The van der Waals surface area contributed by atoms with Crippen LogP contribution in [-0.2, 0) is 0 Å². The first kappa shape index (κ1) is 11.3. The van der Waals surface area contributed by atoms with Gasteiger partial charge < -0.3 is 9.97 Å². The topological polar surface area (TPSA) is 48.6 Å². The average molecular weight is 239 g/mol. The minimum Gasteiger partial charge on any atom is -0.306 e. The van der Waals surface area contributed by atoms with Gasteiger partial charge in [-0.25, -0.2) is 4.79 Å². The zero-order valence-corrected chi connectivity index (χ0v) is 10.1. The molecule has 0 saturated carbocycles. The van der Waals surface area contributed by atoms with E-state index in [4.69, 9.17) is 11.6 Å². The van der Waals surface area contributed by atoms with E-state index < -0.39 is 0 Å². The van der Waals surface area contributed by atoms with Gasteiger partial charge in [0.15, 0.2) is 0 Å². The Kier molecular flexibility index (Phi) is 3.06. The zero-order chi connectivity index (χ0) is 11.7. The predicted octanol–water partition coefficient (Wildman–Crippen LogP) is 3.18. The van der Waals surface area contributed by atoms with Gasteiger partial charge in [-0.1, -0.05) is 19.9 Å².